The third-order valence-electron chi connectivity index (χ3n) is 12.7. The highest BCUT2D eigenvalue weighted by atomic mass is 16.5. The summed E-state index contributed by atoms with van der Waals surface area (Å²) in [5, 5.41) is 18.4. The Balaban J connectivity index is 1.13. The molecule has 0 aromatic rings. The Kier molecular flexibility index (Phi) is 7.20. The van der Waals surface area contributed by atoms with Gasteiger partial charge in [-0.15, -0.1) is 0 Å². The van der Waals surface area contributed by atoms with Gasteiger partial charge in [0.05, 0.1) is 12.7 Å². The Morgan fingerprint density at radius 2 is 1.92 bits per heavy atom. The van der Waals surface area contributed by atoms with Crippen molar-refractivity contribution < 1.29 is 19.4 Å². The molecular weight excluding hydrogens is 490 g/mol. The highest BCUT2D eigenvalue weighted by molar-refractivity contribution is 5.96. The van der Waals surface area contributed by atoms with E-state index in [4.69, 9.17) is 9.84 Å². The van der Waals surface area contributed by atoms with E-state index < -0.39 is 0 Å². The van der Waals surface area contributed by atoms with E-state index in [-0.39, 0.29) is 48.6 Å². The summed E-state index contributed by atoms with van der Waals surface area (Å²) in [6.45, 7) is 11.1. The smallest absolute Gasteiger partial charge is 0.229 e. The molecule has 5 fully saturated rings. The van der Waals surface area contributed by atoms with Crippen molar-refractivity contribution in [2.45, 2.75) is 110 Å². The minimum Gasteiger partial charge on any atom is -0.395 e. The Morgan fingerprint density at radius 1 is 1.10 bits per heavy atom. The Bertz CT molecular complexity index is 1010. The van der Waals surface area contributed by atoms with Crippen LogP contribution in [0.4, 0.5) is 0 Å². The van der Waals surface area contributed by atoms with Gasteiger partial charge in [-0.1, -0.05) is 39.3 Å². The number of carbonyl (C=O) groups is 2. The predicted molar refractivity (Wildman–Crippen MR) is 150 cm³/mol. The van der Waals surface area contributed by atoms with Crippen molar-refractivity contribution in [3.63, 3.8) is 0 Å². The second-order valence-corrected chi connectivity index (χ2v) is 14.7. The van der Waals surface area contributed by atoms with E-state index in [1.807, 2.05) is 0 Å². The van der Waals surface area contributed by atoms with Gasteiger partial charge < -0.3 is 20.5 Å². The molecule has 0 aromatic carbocycles. The minimum atomic E-state index is -0.327. The lowest BCUT2D eigenvalue weighted by atomic mass is 9.46. The monoisotopic (exact) mass is 541 g/mol. The average molecular weight is 542 g/mol. The zero-order valence-electron chi connectivity index (χ0n) is 24.6. The average Bonchev–Trinajstić information content (AvgIpc) is 3.34. The number of aliphatic hydroxyl groups is 1. The van der Waals surface area contributed by atoms with Crippen LogP contribution in [0, 0.1) is 46.3 Å². The van der Waals surface area contributed by atoms with Gasteiger partial charge in [-0.3, -0.25) is 14.9 Å². The van der Waals surface area contributed by atoms with Crippen LogP contribution in [-0.4, -0.2) is 54.5 Å². The molecule has 7 nitrogen and oxygen atoms in total. The highest BCUT2D eigenvalue weighted by Crippen LogP contribution is 2.70. The van der Waals surface area contributed by atoms with Crippen molar-refractivity contribution in [2.24, 2.45) is 46.3 Å². The molecule has 2 saturated heterocycles. The third-order valence-corrected chi connectivity index (χ3v) is 12.7. The number of allylic oxidation sites excluding steroid dienone is 1. The minimum absolute atomic E-state index is 0.0966. The lowest BCUT2D eigenvalue weighted by Crippen LogP contribution is -2.57. The maximum absolute atomic E-state index is 12.5. The van der Waals surface area contributed by atoms with Crippen molar-refractivity contribution in [1.82, 2.24) is 16.0 Å². The zero-order chi connectivity index (χ0) is 27.6. The van der Waals surface area contributed by atoms with Crippen LogP contribution in [0.5, 0.6) is 0 Å². The first kappa shape index (κ1) is 27.7. The topological polar surface area (TPSA) is 99.7 Å². The summed E-state index contributed by atoms with van der Waals surface area (Å²) in [4.78, 5) is 24.4. The number of ether oxygens (including phenoxy) is 1. The molecule has 0 radical (unpaired) electrons. The maximum Gasteiger partial charge on any atom is 0.229 e. The Morgan fingerprint density at radius 3 is 2.67 bits per heavy atom. The van der Waals surface area contributed by atoms with E-state index in [0.29, 0.717) is 29.3 Å². The van der Waals surface area contributed by atoms with Gasteiger partial charge in [0, 0.05) is 25.0 Å². The molecule has 39 heavy (non-hydrogen) atoms. The number of piperidine rings is 1. The van der Waals surface area contributed by atoms with Crippen molar-refractivity contribution >= 4 is 11.8 Å². The summed E-state index contributed by atoms with van der Waals surface area (Å²) >= 11 is 0. The lowest BCUT2D eigenvalue weighted by Gasteiger charge is -2.58. The highest BCUT2D eigenvalue weighted by Gasteiger charge is 2.68. The van der Waals surface area contributed by atoms with Gasteiger partial charge in [0.15, 0.2) is 0 Å². The lowest BCUT2D eigenvalue weighted by molar-refractivity contribution is -0.130. The molecule has 2 amide bonds. The molecule has 7 heteroatoms. The third kappa shape index (κ3) is 4.50. The number of fused-ring (bicyclic) bond motifs is 7. The van der Waals surface area contributed by atoms with Gasteiger partial charge in [0.2, 0.25) is 11.8 Å². The number of nitrogens with one attached hydrogen (secondary N) is 3. The molecular formula is C32H51N3O4. The molecule has 6 rings (SSSR count). The summed E-state index contributed by atoms with van der Waals surface area (Å²) in [6.07, 6.45) is 13.2. The van der Waals surface area contributed by atoms with Crippen LogP contribution in [0.3, 0.4) is 0 Å². The molecule has 0 unspecified atom stereocenters. The predicted octanol–water partition coefficient (Wildman–Crippen LogP) is 3.91. The van der Waals surface area contributed by atoms with Crippen molar-refractivity contribution in [3.05, 3.63) is 11.6 Å². The molecule has 218 valence electrons. The number of rotatable bonds is 5. The molecule has 2 aliphatic heterocycles. The van der Waals surface area contributed by atoms with Crippen molar-refractivity contribution in [2.75, 3.05) is 19.7 Å². The molecule has 2 heterocycles. The van der Waals surface area contributed by atoms with Crippen molar-refractivity contribution in [3.8, 4) is 0 Å². The first-order valence-corrected chi connectivity index (χ1v) is 15.9. The molecule has 0 aromatic heterocycles. The van der Waals surface area contributed by atoms with Gasteiger partial charge in [0.1, 0.15) is 12.1 Å². The quantitative estimate of drug-likeness (QED) is 0.312. The van der Waals surface area contributed by atoms with Gasteiger partial charge in [-0.25, -0.2) is 0 Å². The first-order valence-electron chi connectivity index (χ1n) is 15.9. The van der Waals surface area contributed by atoms with Crippen LogP contribution in [0.1, 0.15) is 91.9 Å². The van der Waals surface area contributed by atoms with Gasteiger partial charge in [-0.05, 0) is 98.2 Å². The number of amides is 2. The van der Waals surface area contributed by atoms with Gasteiger partial charge >= 0.3 is 0 Å². The second kappa shape index (κ2) is 10.1. The first-order chi connectivity index (χ1) is 18.6. The summed E-state index contributed by atoms with van der Waals surface area (Å²) < 4.78 is 7.04. The van der Waals surface area contributed by atoms with E-state index >= 15 is 0 Å². The second-order valence-electron chi connectivity index (χ2n) is 14.7. The molecule has 11 atom stereocenters. The number of aliphatic hydroxyl groups excluding tert-OH is 1. The largest absolute Gasteiger partial charge is 0.395 e. The SMILES string of the molecule is C[C@@H]1CC[C@@]2(NC1)O[C@H]1C[C@H]3[C@@H]4CC=C5C[C@H](NC(=O)CC(=O)NCCO)CC[C@]5(C)[C@H]4CC[C@]3(C)[C@H]1[C@@H]2C. The van der Waals surface area contributed by atoms with E-state index in [2.05, 4.69) is 49.7 Å². The number of hydrogen-bond donors (Lipinski definition) is 4. The Hall–Kier alpha value is -1.44. The fourth-order valence-electron chi connectivity index (χ4n) is 10.7. The molecule has 0 bridgehead atoms. The zero-order valence-corrected chi connectivity index (χ0v) is 24.6. The summed E-state index contributed by atoms with van der Waals surface area (Å²) in [6, 6.07) is 0.106. The van der Waals surface area contributed by atoms with E-state index in [0.717, 1.165) is 56.4 Å². The normalized spacial score (nSPS) is 48.4. The van der Waals surface area contributed by atoms with Crippen LogP contribution in [0.2, 0.25) is 0 Å². The van der Waals surface area contributed by atoms with Gasteiger partial charge in [0.25, 0.3) is 0 Å². The fraction of sp³-hybridized carbons (Fsp3) is 0.875. The van der Waals surface area contributed by atoms with Crippen LogP contribution >= 0.6 is 0 Å². The summed E-state index contributed by atoms with van der Waals surface area (Å²) in [7, 11) is 0. The Labute approximate surface area is 234 Å². The molecule has 4 aliphatic carbocycles. The van der Waals surface area contributed by atoms with Crippen LogP contribution < -0.4 is 16.0 Å². The molecule has 3 saturated carbocycles. The van der Waals surface area contributed by atoms with E-state index in [9.17, 15) is 9.59 Å². The van der Waals surface area contributed by atoms with E-state index in [1.54, 1.807) is 0 Å². The fourth-order valence-corrected chi connectivity index (χ4v) is 10.7. The van der Waals surface area contributed by atoms with E-state index in [1.165, 1.54) is 31.3 Å². The number of hydrogen-bond acceptors (Lipinski definition) is 5. The van der Waals surface area contributed by atoms with Crippen LogP contribution in [0.25, 0.3) is 0 Å². The maximum atomic E-state index is 12.5. The summed E-state index contributed by atoms with van der Waals surface area (Å²) in [5.74, 6) is 3.61. The van der Waals surface area contributed by atoms with Crippen LogP contribution in [-0.2, 0) is 14.3 Å². The van der Waals surface area contributed by atoms with Crippen LogP contribution in [0.15, 0.2) is 11.6 Å². The van der Waals surface area contributed by atoms with Gasteiger partial charge in [-0.2, -0.15) is 0 Å². The van der Waals surface area contributed by atoms with Crippen molar-refractivity contribution in [1.29, 1.82) is 0 Å². The molecule has 6 aliphatic rings. The number of carbonyl (C=O) groups excluding carboxylic acids is 2. The summed E-state index contributed by atoms with van der Waals surface area (Å²) in [5.41, 5.74) is 2.02. The molecule has 1 spiro atoms. The molecule has 4 N–H and O–H groups in total. The standard InChI is InChI=1S/C32H51N3O4/c1-19-7-12-32(34-18-19)20(2)29-26(39-32)16-25-23-6-5-21-15-22(35-28(38)17-27(37)33-13-14-36)8-10-30(21,3)24(23)9-11-31(25,29)4/h5,19-20,22-26,29,34,36H,6-18H2,1-4H3,(H,33,37)(H,35,38)/t19-,20+,22-,23-,24+,25+,26+,29+,30+,31+,32-/m1/s1.